The summed E-state index contributed by atoms with van der Waals surface area (Å²) in [5.41, 5.74) is 0. The van der Waals surface area contributed by atoms with E-state index in [1.807, 2.05) is 11.8 Å². The topological polar surface area (TPSA) is 35.3 Å². The first-order chi connectivity index (χ1) is 6.45. The first-order valence-corrected chi connectivity index (χ1v) is 5.70. The Hall–Kier alpha value is -0.640. The predicted octanol–water partition coefficient (Wildman–Crippen LogP) is 2.20. The highest BCUT2D eigenvalue weighted by Crippen LogP contribution is 2.23. The van der Waals surface area contributed by atoms with E-state index in [0.717, 1.165) is 12.4 Å². The molecule has 0 amide bonds. The van der Waals surface area contributed by atoms with Crippen LogP contribution in [0, 0.1) is 5.92 Å². The third-order valence-electron chi connectivity index (χ3n) is 2.15. The second kappa shape index (κ2) is 4.56. The second-order valence-corrected chi connectivity index (χ2v) is 4.40. The Kier molecular flexibility index (Phi) is 3.13. The highest BCUT2D eigenvalue weighted by Gasteiger charge is 2.14. The van der Waals surface area contributed by atoms with Gasteiger partial charge in [-0.25, -0.2) is 0 Å². The Labute approximate surface area is 81.8 Å². The monoisotopic (exact) mass is 199 g/mol. The molecule has 72 valence electrons. The zero-order valence-electron chi connectivity index (χ0n) is 7.44. The summed E-state index contributed by atoms with van der Waals surface area (Å²) in [6.07, 6.45) is 5.76. The van der Waals surface area contributed by atoms with Gasteiger partial charge in [-0.15, -0.1) is 0 Å². The molecule has 1 aromatic heterocycles. The number of thioether (sulfide) groups is 1. The Bertz CT molecular complexity index is 232. The van der Waals surface area contributed by atoms with Gasteiger partial charge in [0.25, 0.3) is 0 Å². The fourth-order valence-corrected chi connectivity index (χ4v) is 2.55. The molecule has 13 heavy (non-hydrogen) atoms. The molecule has 1 unspecified atom stereocenters. The molecule has 1 saturated heterocycles. The molecule has 4 heteroatoms. The van der Waals surface area contributed by atoms with Crippen molar-refractivity contribution >= 4 is 11.8 Å². The Morgan fingerprint density at radius 3 is 3.38 bits per heavy atom. The van der Waals surface area contributed by atoms with Crippen LogP contribution in [0.4, 0.5) is 0 Å². The lowest BCUT2D eigenvalue weighted by Gasteiger charge is -2.20. The number of aromatic nitrogens is 1. The summed E-state index contributed by atoms with van der Waals surface area (Å²) in [5, 5.41) is 3.58. The van der Waals surface area contributed by atoms with Crippen LogP contribution in [0.25, 0.3) is 0 Å². The lowest BCUT2D eigenvalue weighted by Crippen LogP contribution is -2.18. The fourth-order valence-electron chi connectivity index (χ4n) is 1.42. The molecule has 1 fully saturated rings. The first-order valence-electron chi connectivity index (χ1n) is 4.55. The number of hydrogen-bond donors (Lipinski definition) is 0. The molecule has 2 rings (SSSR count). The van der Waals surface area contributed by atoms with E-state index < -0.39 is 0 Å². The summed E-state index contributed by atoms with van der Waals surface area (Å²) in [7, 11) is 0. The summed E-state index contributed by atoms with van der Waals surface area (Å²) in [6, 6.07) is 0. The molecular weight excluding hydrogens is 186 g/mol. The van der Waals surface area contributed by atoms with Crippen LogP contribution in [0.1, 0.15) is 12.8 Å². The van der Waals surface area contributed by atoms with Crippen LogP contribution in [0.15, 0.2) is 17.0 Å². The lowest BCUT2D eigenvalue weighted by atomic mass is 10.1. The Morgan fingerprint density at radius 1 is 1.69 bits per heavy atom. The largest absolute Gasteiger partial charge is 0.488 e. The average Bonchev–Trinajstić information content (AvgIpc) is 2.69. The highest BCUT2D eigenvalue weighted by atomic mass is 32.2. The molecule has 1 aromatic rings. The van der Waals surface area contributed by atoms with Crippen molar-refractivity contribution in [3.63, 3.8) is 0 Å². The van der Waals surface area contributed by atoms with Crippen molar-refractivity contribution in [2.45, 2.75) is 12.8 Å². The summed E-state index contributed by atoms with van der Waals surface area (Å²) >= 11 is 2.02. The smallest absolute Gasteiger partial charge is 0.178 e. The number of nitrogens with zero attached hydrogens (tertiary/aromatic N) is 1. The molecule has 1 aliphatic rings. The van der Waals surface area contributed by atoms with E-state index >= 15 is 0 Å². The van der Waals surface area contributed by atoms with Gasteiger partial charge in [0, 0.05) is 5.92 Å². The van der Waals surface area contributed by atoms with E-state index in [0.29, 0.717) is 5.92 Å². The predicted molar refractivity (Wildman–Crippen MR) is 52.0 cm³/mol. The van der Waals surface area contributed by atoms with Gasteiger partial charge >= 0.3 is 0 Å². The fraction of sp³-hybridized carbons (Fsp3) is 0.667. The molecule has 0 saturated carbocycles. The van der Waals surface area contributed by atoms with Crippen LogP contribution < -0.4 is 4.74 Å². The molecule has 0 aromatic carbocycles. The van der Waals surface area contributed by atoms with Crippen LogP contribution in [-0.4, -0.2) is 23.3 Å². The molecule has 1 atom stereocenters. The summed E-state index contributed by atoms with van der Waals surface area (Å²) < 4.78 is 10.2. The van der Waals surface area contributed by atoms with Crippen molar-refractivity contribution < 1.29 is 9.26 Å². The van der Waals surface area contributed by atoms with E-state index in [9.17, 15) is 0 Å². The third-order valence-corrected chi connectivity index (χ3v) is 3.43. The number of ether oxygens (including phenoxy) is 1. The Morgan fingerprint density at radius 2 is 2.69 bits per heavy atom. The van der Waals surface area contributed by atoms with Crippen molar-refractivity contribution in [2.24, 2.45) is 5.92 Å². The van der Waals surface area contributed by atoms with Crippen LogP contribution in [0.2, 0.25) is 0 Å². The zero-order chi connectivity index (χ0) is 8.93. The van der Waals surface area contributed by atoms with Gasteiger partial charge in [-0.1, -0.05) is 5.16 Å². The van der Waals surface area contributed by atoms with Gasteiger partial charge in [0.1, 0.15) is 6.20 Å². The van der Waals surface area contributed by atoms with Gasteiger partial charge < -0.3 is 9.26 Å². The molecule has 3 nitrogen and oxygen atoms in total. The van der Waals surface area contributed by atoms with Crippen LogP contribution in [0.5, 0.6) is 5.75 Å². The lowest BCUT2D eigenvalue weighted by molar-refractivity contribution is 0.250. The summed E-state index contributed by atoms with van der Waals surface area (Å²) in [5.74, 6) is 3.99. The second-order valence-electron chi connectivity index (χ2n) is 3.25. The molecular formula is C9H13NO2S. The maximum Gasteiger partial charge on any atom is 0.178 e. The van der Waals surface area contributed by atoms with Crippen LogP contribution in [0.3, 0.4) is 0 Å². The van der Waals surface area contributed by atoms with Crippen molar-refractivity contribution in [1.29, 1.82) is 0 Å². The van der Waals surface area contributed by atoms with Crippen LogP contribution in [-0.2, 0) is 0 Å². The van der Waals surface area contributed by atoms with Crippen molar-refractivity contribution in [3.05, 3.63) is 12.5 Å². The van der Waals surface area contributed by atoms with Crippen molar-refractivity contribution in [1.82, 2.24) is 5.16 Å². The molecule has 0 N–H and O–H groups in total. The summed E-state index contributed by atoms with van der Waals surface area (Å²) in [6.45, 7) is 0.800. The SMILES string of the molecule is c1nocc1OCC1CCCSC1. The van der Waals surface area contributed by atoms with Crippen molar-refractivity contribution in [2.75, 3.05) is 18.1 Å². The molecule has 0 spiro atoms. The van der Waals surface area contributed by atoms with E-state index in [2.05, 4.69) is 9.68 Å². The molecule has 2 heterocycles. The maximum atomic E-state index is 5.52. The quantitative estimate of drug-likeness (QED) is 0.747. The maximum absolute atomic E-state index is 5.52. The highest BCUT2D eigenvalue weighted by molar-refractivity contribution is 7.99. The molecule has 0 bridgehead atoms. The number of hydrogen-bond acceptors (Lipinski definition) is 4. The van der Waals surface area contributed by atoms with E-state index in [1.54, 1.807) is 6.20 Å². The molecule has 0 aliphatic carbocycles. The first kappa shape index (κ1) is 8.94. The van der Waals surface area contributed by atoms with Crippen molar-refractivity contribution in [3.8, 4) is 5.75 Å². The molecule has 1 aliphatic heterocycles. The Balaban J connectivity index is 1.72. The summed E-state index contributed by atoms with van der Waals surface area (Å²) in [4.78, 5) is 0. The minimum absolute atomic E-state index is 0.702. The van der Waals surface area contributed by atoms with E-state index in [4.69, 9.17) is 4.74 Å². The molecule has 0 radical (unpaired) electrons. The van der Waals surface area contributed by atoms with Gasteiger partial charge in [0.2, 0.25) is 0 Å². The van der Waals surface area contributed by atoms with Crippen LogP contribution >= 0.6 is 11.8 Å². The number of rotatable bonds is 3. The zero-order valence-corrected chi connectivity index (χ0v) is 8.26. The minimum Gasteiger partial charge on any atom is -0.488 e. The van der Waals surface area contributed by atoms with Gasteiger partial charge in [-0.05, 0) is 24.3 Å². The van der Waals surface area contributed by atoms with Gasteiger partial charge in [0.15, 0.2) is 12.0 Å². The van der Waals surface area contributed by atoms with Gasteiger partial charge in [0.05, 0.1) is 6.61 Å². The standard InChI is InChI=1S/C9H13NO2S/c1-2-8(7-13-3-1)5-11-9-4-10-12-6-9/h4,6,8H,1-3,5,7H2. The van der Waals surface area contributed by atoms with E-state index in [-0.39, 0.29) is 0 Å². The van der Waals surface area contributed by atoms with Gasteiger partial charge in [-0.3, -0.25) is 0 Å². The third kappa shape index (κ3) is 2.66. The van der Waals surface area contributed by atoms with Gasteiger partial charge in [-0.2, -0.15) is 11.8 Å². The minimum atomic E-state index is 0.702. The van der Waals surface area contributed by atoms with E-state index in [1.165, 1.54) is 30.6 Å². The average molecular weight is 199 g/mol. The normalized spacial score (nSPS) is 22.9.